The lowest BCUT2D eigenvalue weighted by molar-refractivity contribution is 0.431. The van der Waals surface area contributed by atoms with Crippen LogP contribution in [0.2, 0.25) is 5.02 Å². The minimum Gasteiger partial charge on any atom is -0.437 e. The first-order chi connectivity index (χ1) is 8.90. The molecule has 1 heterocycles. The maximum Gasteiger partial charge on any atom is 0.241 e. The second-order valence-electron chi connectivity index (χ2n) is 4.56. The van der Waals surface area contributed by atoms with E-state index in [4.69, 9.17) is 22.1 Å². The van der Waals surface area contributed by atoms with E-state index in [-0.39, 0.29) is 10.9 Å². The van der Waals surface area contributed by atoms with E-state index in [0.717, 1.165) is 5.69 Å². The largest absolute Gasteiger partial charge is 0.437 e. The first-order valence-corrected chi connectivity index (χ1v) is 6.23. The average Bonchev–Trinajstić information content (AvgIpc) is 2.62. The molecule has 4 nitrogen and oxygen atoms in total. The number of ether oxygens (including phenoxy) is 1. The SMILES string of the molecule is CC(C)c1nn(C)c(Oc2ccc(F)c(Cl)c2)c1N. The highest BCUT2D eigenvalue weighted by atomic mass is 35.5. The van der Waals surface area contributed by atoms with Gasteiger partial charge in [-0.2, -0.15) is 5.10 Å². The number of halogens is 2. The highest BCUT2D eigenvalue weighted by Crippen LogP contribution is 2.34. The van der Waals surface area contributed by atoms with Gasteiger partial charge in [-0.1, -0.05) is 25.4 Å². The molecule has 0 aliphatic rings. The molecule has 0 atom stereocenters. The Morgan fingerprint density at radius 3 is 2.63 bits per heavy atom. The summed E-state index contributed by atoms with van der Waals surface area (Å²) >= 11 is 5.71. The van der Waals surface area contributed by atoms with Crippen LogP contribution < -0.4 is 10.5 Å². The zero-order valence-electron chi connectivity index (χ0n) is 10.9. The number of aromatic nitrogens is 2. The Balaban J connectivity index is 2.35. The molecule has 0 saturated heterocycles. The molecular formula is C13H15ClFN3O. The molecule has 0 aliphatic carbocycles. The molecule has 102 valence electrons. The minimum absolute atomic E-state index is 0.00215. The lowest BCUT2D eigenvalue weighted by atomic mass is 10.1. The van der Waals surface area contributed by atoms with Crippen LogP contribution in [0, 0.1) is 5.82 Å². The molecular weight excluding hydrogens is 269 g/mol. The highest BCUT2D eigenvalue weighted by Gasteiger charge is 2.18. The van der Waals surface area contributed by atoms with Crippen molar-refractivity contribution in [3.05, 3.63) is 34.7 Å². The van der Waals surface area contributed by atoms with E-state index in [1.807, 2.05) is 13.8 Å². The van der Waals surface area contributed by atoms with Crippen LogP contribution in [-0.4, -0.2) is 9.78 Å². The zero-order valence-corrected chi connectivity index (χ0v) is 11.7. The molecule has 0 radical (unpaired) electrons. The van der Waals surface area contributed by atoms with Crippen molar-refractivity contribution in [1.29, 1.82) is 0 Å². The van der Waals surface area contributed by atoms with Crippen molar-refractivity contribution in [1.82, 2.24) is 9.78 Å². The number of rotatable bonds is 3. The first kappa shape index (κ1) is 13.7. The van der Waals surface area contributed by atoms with E-state index in [1.54, 1.807) is 11.7 Å². The molecule has 0 aliphatic heterocycles. The smallest absolute Gasteiger partial charge is 0.241 e. The fourth-order valence-electron chi connectivity index (χ4n) is 1.74. The zero-order chi connectivity index (χ0) is 14.2. The Hall–Kier alpha value is -1.75. The average molecular weight is 284 g/mol. The van der Waals surface area contributed by atoms with Gasteiger partial charge in [0.2, 0.25) is 5.88 Å². The van der Waals surface area contributed by atoms with E-state index in [0.29, 0.717) is 17.3 Å². The van der Waals surface area contributed by atoms with Crippen molar-refractivity contribution in [2.24, 2.45) is 7.05 Å². The highest BCUT2D eigenvalue weighted by molar-refractivity contribution is 6.30. The van der Waals surface area contributed by atoms with Crippen LogP contribution in [0.25, 0.3) is 0 Å². The lowest BCUT2D eigenvalue weighted by Crippen LogP contribution is -1.97. The number of nitrogens with zero attached hydrogens (tertiary/aromatic N) is 2. The van der Waals surface area contributed by atoms with Gasteiger partial charge in [-0.25, -0.2) is 9.07 Å². The Morgan fingerprint density at radius 1 is 1.42 bits per heavy atom. The molecule has 19 heavy (non-hydrogen) atoms. The van der Waals surface area contributed by atoms with Crippen LogP contribution in [0.1, 0.15) is 25.5 Å². The maximum atomic E-state index is 13.1. The summed E-state index contributed by atoms with van der Waals surface area (Å²) in [5.74, 6) is 0.540. The van der Waals surface area contributed by atoms with Crippen molar-refractivity contribution in [3.63, 3.8) is 0 Å². The second-order valence-corrected chi connectivity index (χ2v) is 4.97. The summed E-state index contributed by atoms with van der Waals surface area (Å²) in [5.41, 5.74) is 7.26. The minimum atomic E-state index is -0.491. The van der Waals surface area contributed by atoms with Crippen LogP contribution >= 0.6 is 11.6 Å². The molecule has 1 aromatic carbocycles. The van der Waals surface area contributed by atoms with Crippen LogP contribution in [-0.2, 0) is 7.05 Å². The van der Waals surface area contributed by atoms with Gasteiger partial charge in [0.1, 0.15) is 17.3 Å². The molecule has 0 fully saturated rings. The van der Waals surface area contributed by atoms with Gasteiger partial charge in [0.15, 0.2) is 0 Å². The molecule has 2 rings (SSSR count). The number of anilines is 1. The predicted molar refractivity (Wildman–Crippen MR) is 73.2 cm³/mol. The fraction of sp³-hybridized carbons (Fsp3) is 0.308. The predicted octanol–water partition coefficient (Wildman–Crippen LogP) is 3.71. The third kappa shape index (κ3) is 2.66. The molecule has 1 aromatic heterocycles. The summed E-state index contributed by atoms with van der Waals surface area (Å²) in [7, 11) is 1.74. The molecule has 0 bridgehead atoms. The molecule has 0 spiro atoms. The van der Waals surface area contributed by atoms with E-state index in [2.05, 4.69) is 5.10 Å². The molecule has 6 heteroatoms. The third-order valence-electron chi connectivity index (χ3n) is 2.71. The van der Waals surface area contributed by atoms with Crippen molar-refractivity contribution in [3.8, 4) is 11.6 Å². The van der Waals surface area contributed by atoms with Gasteiger partial charge in [-0.3, -0.25) is 0 Å². The fourth-order valence-corrected chi connectivity index (χ4v) is 1.91. The van der Waals surface area contributed by atoms with Gasteiger partial charge in [0.25, 0.3) is 0 Å². The molecule has 2 N–H and O–H groups in total. The number of nitrogens with two attached hydrogens (primary N) is 1. The third-order valence-corrected chi connectivity index (χ3v) is 3.00. The van der Waals surface area contributed by atoms with Crippen molar-refractivity contribution in [2.75, 3.05) is 5.73 Å². The van der Waals surface area contributed by atoms with E-state index in [1.165, 1.54) is 18.2 Å². The summed E-state index contributed by atoms with van der Waals surface area (Å²) in [6.45, 7) is 3.99. The molecule has 0 amide bonds. The normalized spacial score (nSPS) is 11.1. The number of hydrogen-bond acceptors (Lipinski definition) is 3. The number of nitrogen functional groups attached to an aromatic ring is 1. The Kier molecular flexibility index (Phi) is 3.66. The summed E-state index contributed by atoms with van der Waals surface area (Å²) < 4.78 is 20.3. The van der Waals surface area contributed by atoms with Crippen LogP contribution in [0.5, 0.6) is 11.6 Å². The van der Waals surface area contributed by atoms with Gasteiger partial charge < -0.3 is 10.5 Å². The van der Waals surface area contributed by atoms with Gasteiger partial charge >= 0.3 is 0 Å². The monoisotopic (exact) mass is 283 g/mol. The molecule has 0 saturated carbocycles. The molecule has 0 unspecified atom stereocenters. The van der Waals surface area contributed by atoms with E-state index in [9.17, 15) is 4.39 Å². The van der Waals surface area contributed by atoms with Gasteiger partial charge in [0.05, 0.1) is 10.7 Å². The number of benzene rings is 1. The topological polar surface area (TPSA) is 53.1 Å². The summed E-state index contributed by atoms with van der Waals surface area (Å²) in [4.78, 5) is 0. The van der Waals surface area contributed by atoms with Gasteiger partial charge in [0, 0.05) is 13.1 Å². The van der Waals surface area contributed by atoms with Crippen molar-refractivity contribution in [2.45, 2.75) is 19.8 Å². The summed E-state index contributed by atoms with van der Waals surface area (Å²) in [6.07, 6.45) is 0. The van der Waals surface area contributed by atoms with Crippen LogP contribution in [0.15, 0.2) is 18.2 Å². The lowest BCUT2D eigenvalue weighted by Gasteiger charge is -2.07. The van der Waals surface area contributed by atoms with Crippen molar-refractivity contribution < 1.29 is 9.13 Å². The standard InChI is InChI=1S/C13H15ClFN3O/c1-7(2)12-11(16)13(18(3)17-12)19-8-4-5-10(15)9(14)6-8/h4-7H,16H2,1-3H3. The van der Waals surface area contributed by atoms with Gasteiger partial charge in [-0.15, -0.1) is 0 Å². The Bertz CT molecular complexity index is 610. The summed E-state index contributed by atoms with van der Waals surface area (Å²) in [5, 5.41) is 4.31. The Morgan fingerprint density at radius 2 is 2.11 bits per heavy atom. The van der Waals surface area contributed by atoms with E-state index >= 15 is 0 Å². The Labute approximate surface area is 115 Å². The van der Waals surface area contributed by atoms with Gasteiger partial charge in [-0.05, 0) is 18.1 Å². The first-order valence-electron chi connectivity index (χ1n) is 5.85. The number of hydrogen-bond donors (Lipinski definition) is 1. The second kappa shape index (κ2) is 5.09. The van der Waals surface area contributed by atoms with E-state index < -0.39 is 5.82 Å². The number of aryl methyl sites for hydroxylation is 1. The quantitative estimate of drug-likeness (QED) is 0.934. The molecule has 2 aromatic rings. The maximum absolute atomic E-state index is 13.1. The van der Waals surface area contributed by atoms with Crippen LogP contribution in [0.3, 0.4) is 0 Å². The summed E-state index contributed by atoms with van der Waals surface area (Å²) in [6, 6.07) is 4.13. The van der Waals surface area contributed by atoms with Crippen molar-refractivity contribution >= 4 is 17.3 Å². The van der Waals surface area contributed by atoms with Crippen LogP contribution in [0.4, 0.5) is 10.1 Å².